The highest BCUT2D eigenvalue weighted by Crippen LogP contribution is 2.21. The summed E-state index contributed by atoms with van der Waals surface area (Å²) in [6.45, 7) is 6.51. The van der Waals surface area contributed by atoms with Crippen LogP contribution in [0.25, 0.3) is 0 Å². The van der Waals surface area contributed by atoms with E-state index in [9.17, 15) is 9.59 Å². The van der Waals surface area contributed by atoms with Crippen molar-refractivity contribution in [1.29, 1.82) is 0 Å². The number of nitrogens with zero attached hydrogens (tertiary/aromatic N) is 3. The van der Waals surface area contributed by atoms with Gasteiger partial charge in [0.15, 0.2) is 0 Å². The first-order valence-electron chi connectivity index (χ1n) is 17.0. The van der Waals surface area contributed by atoms with Gasteiger partial charge in [-0.25, -0.2) is 0 Å². The van der Waals surface area contributed by atoms with Crippen molar-refractivity contribution in [2.24, 2.45) is 0 Å². The van der Waals surface area contributed by atoms with E-state index in [-0.39, 0.29) is 6.04 Å². The molecule has 0 bridgehead atoms. The molecule has 1 atom stereocenters. The summed E-state index contributed by atoms with van der Waals surface area (Å²) in [7, 11) is 0. The average molecular weight is 574 g/mol. The van der Waals surface area contributed by atoms with E-state index >= 15 is 0 Å². The minimum Gasteiger partial charge on any atom is -0.343 e. The molecule has 2 fully saturated rings. The van der Waals surface area contributed by atoms with E-state index in [0.717, 1.165) is 97.2 Å². The fraction of sp³-hybridized carbons (Fsp3) is 0.622. The van der Waals surface area contributed by atoms with E-state index in [4.69, 9.17) is 0 Å². The van der Waals surface area contributed by atoms with Crippen molar-refractivity contribution in [3.05, 3.63) is 71.8 Å². The number of rotatable bonds is 9. The average Bonchev–Trinajstić information content (AvgIpc) is 3.02. The Labute approximate surface area is 255 Å². The molecule has 2 aliphatic rings. The van der Waals surface area contributed by atoms with Crippen molar-refractivity contribution in [2.45, 2.75) is 115 Å². The summed E-state index contributed by atoms with van der Waals surface area (Å²) in [4.78, 5) is 33.5. The molecule has 230 valence electrons. The van der Waals surface area contributed by atoms with Gasteiger partial charge in [-0.2, -0.15) is 0 Å². The van der Waals surface area contributed by atoms with Gasteiger partial charge in [0.25, 0.3) is 0 Å². The molecule has 5 heteroatoms. The standard InChI is InChI=1S/C37H55N3O2/c41-36-24-12-4-2-1-3-5-13-25-37(42)40(30-18-29-39-27-15-14-23-35(36)39)28-17-16-26-38(31-33-19-8-6-9-20-33)32-34-21-10-7-11-22-34/h6-11,19-22,35H,1-5,12-18,23-32H2. The summed E-state index contributed by atoms with van der Waals surface area (Å²) in [6, 6.07) is 21.6. The zero-order valence-electron chi connectivity index (χ0n) is 26.1. The van der Waals surface area contributed by atoms with Crippen molar-refractivity contribution < 1.29 is 9.59 Å². The van der Waals surface area contributed by atoms with Gasteiger partial charge in [0, 0.05) is 45.6 Å². The molecular weight excluding hydrogens is 518 g/mol. The Bertz CT molecular complexity index is 986. The van der Waals surface area contributed by atoms with Crippen LogP contribution in [0, 0.1) is 0 Å². The zero-order chi connectivity index (χ0) is 29.2. The first-order chi connectivity index (χ1) is 20.7. The molecule has 2 heterocycles. The van der Waals surface area contributed by atoms with Crippen LogP contribution in [0.1, 0.15) is 107 Å². The van der Waals surface area contributed by atoms with Gasteiger partial charge in [0.2, 0.25) is 5.91 Å². The number of amides is 1. The van der Waals surface area contributed by atoms with Crippen LogP contribution in [-0.2, 0) is 22.7 Å². The van der Waals surface area contributed by atoms with Gasteiger partial charge in [0.1, 0.15) is 5.78 Å². The van der Waals surface area contributed by atoms with Crippen LogP contribution in [0.15, 0.2) is 60.7 Å². The highest BCUT2D eigenvalue weighted by Gasteiger charge is 2.28. The Morgan fingerprint density at radius 1 is 0.619 bits per heavy atom. The molecule has 42 heavy (non-hydrogen) atoms. The Morgan fingerprint density at radius 2 is 1.21 bits per heavy atom. The molecule has 0 aliphatic carbocycles. The normalized spacial score (nSPS) is 20.8. The maximum absolute atomic E-state index is 13.4. The smallest absolute Gasteiger partial charge is 0.222 e. The minimum atomic E-state index is 0.110. The number of benzene rings is 2. The number of Topliss-reactive ketones (excluding diaryl/α,β-unsaturated/α-hetero) is 1. The Balaban J connectivity index is 1.31. The van der Waals surface area contributed by atoms with Crippen LogP contribution in [0.2, 0.25) is 0 Å². The fourth-order valence-corrected chi connectivity index (χ4v) is 6.77. The van der Waals surface area contributed by atoms with Gasteiger partial charge in [-0.1, -0.05) is 99.2 Å². The largest absolute Gasteiger partial charge is 0.343 e. The molecule has 2 aliphatic heterocycles. The summed E-state index contributed by atoms with van der Waals surface area (Å²) in [6.07, 6.45) is 15.9. The summed E-state index contributed by atoms with van der Waals surface area (Å²) in [5.41, 5.74) is 2.69. The summed E-state index contributed by atoms with van der Waals surface area (Å²) < 4.78 is 0. The lowest BCUT2D eigenvalue weighted by atomic mass is 9.95. The third kappa shape index (κ3) is 11.6. The van der Waals surface area contributed by atoms with Gasteiger partial charge in [0.05, 0.1) is 6.04 Å². The van der Waals surface area contributed by atoms with Crippen LogP contribution in [0.4, 0.5) is 0 Å². The summed E-state index contributed by atoms with van der Waals surface area (Å²) >= 11 is 0. The maximum atomic E-state index is 13.4. The van der Waals surface area contributed by atoms with Gasteiger partial charge in [-0.15, -0.1) is 0 Å². The monoisotopic (exact) mass is 573 g/mol. The Morgan fingerprint density at radius 3 is 1.88 bits per heavy atom. The number of fused-ring (bicyclic) bond motifs is 1. The molecule has 0 aromatic heterocycles. The lowest BCUT2D eigenvalue weighted by Gasteiger charge is -2.35. The fourth-order valence-electron chi connectivity index (χ4n) is 6.77. The van der Waals surface area contributed by atoms with Crippen LogP contribution in [0.3, 0.4) is 0 Å². The number of ketones is 1. The van der Waals surface area contributed by atoms with Crippen LogP contribution in [-0.4, -0.2) is 65.2 Å². The molecule has 0 N–H and O–H groups in total. The van der Waals surface area contributed by atoms with Crippen molar-refractivity contribution in [3.8, 4) is 0 Å². The number of carbonyl (C=O) groups is 2. The summed E-state index contributed by atoms with van der Waals surface area (Å²) in [5.74, 6) is 0.790. The van der Waals surface area contributed by atoms with E-state index in [1.54, 1.807) is 0 Å². The lowest BCUT2D eigenvalue weighted by Crippen LogP contribution is -2.46. The van der Waals surface area contributed by atoms with Gasteiger partial charge >= 0.3 is 0 Å². The maximum Gasteiger partial charge on any atom is 0.222 e. The van der Waals surface area contributed by atoms with Gasteiger partial charge in [-0.3, -0.25) is 19.4 Å². The quantitative estimate of drug-likeness (QED) is 0.289. The number of piperidine rings is 1. The van der Waals surface area contributed by atoms with Crippen LogP contribution < -0.4 is 0 Å². The number of hydrogen-bond donors (Lipinski definition) is 0. The second-order valence-corrected chi connectivity index (χ2v) is 12.6. The lowest BCUT2D eigenvalue weighted by molar-refractivity contribution is -0.132. The molecular formula is C37H55N3O2. The second-order valence-electron chi connectivity index (χ2n) is 12.6. The third-order valence-corrected chi connectivity index (χ3v) is 9.18. The van der Waals surface area contributed by atoms with Gasteiger partial charge in [-0.05, 0) is 69.2 Å². The molecule has 1 unspecified atom stereocenters. The zero-order valence-corrected chi connectivity index (χ0v) is 26.1. The van der Waals surface area contributed by atoms with Crippen LogP contribution in [0.5, 0.6) is 0 Å². The highest BCUT2D eigenvalue weighted by atomic mass is 16.2. The van der Waals surface area contributed by atoms with Crippen molar-refractivity contribution >= 4 is 11.7 Å². The topological polar surface area (TPSA) is 43.9 Å². The number of unbranched alkanes of at least 4 members (excludes halogenated alkanes) is 1. The van der Waals surface area contributed by atoms with Crippen molar-refractivity contribution in [1.82, 2.24) is 14.7 Å². The molecule has 4 rings (SSSR count). The molecule has 0 radical (unpaired) electrons. The SMILES string of the molecule is O=C1CCCCCCCCCC(=O)N(CCCCN(Cc2ccccc2)Cc2ccccc2)CCCN2CCCCC12. The van der Waals surface area contributed by atoms with E-state index in [2.05, 4.69) is 75.4 Å². The Hall–Kier alpha value is -2.50. The first-order valence-corrected chi connectivity index (χ1v) is 17.0. The molecule has 0 spiro atoms. The van der Waals surface area contributed by atoms with E-state index in [1.807, 2.05) is 0 Å². The van der Waals surface area contributed by atoms with E-state index < -0.39 is 0 Å². The molecule has 2 aromatic carbocycles. The number of hydrogen-bond acceptors (Lipinski definition) is 4. The number of carbonyl (C=O) groups excluding carboxylic acids is 2. The third-order valence-electron chi connectivity index (χ3n) is 9.18. The molecule has 2 saturated heterocycles. The molecule has 1 amide bonds. The first kappa shape index (κ1) is 32.4. The minimum absolute atomic E-state index is 0.110. The van der Waals surface area contributed by atoms with E-state index in [1.165, 1.54) is 49.7 Å². The van der Waals surface area contributed by atoms with E-state index in [0.29, 0.717) is 18.1 Å². The Kier molecular flexibility index (Phi) is 14.6. The highest BCUT2D eigenvalue weighted by molar-refractivity contribution is 5.84. The molecule has 5 nitrogen and oxygen atoms in total. The second kappa shape index (κ2) is 18.9. The predicted octanol–water partition coefficient (Wildman–Crippen LogP) is 7.64. The molecule has 0 saturated carbocycles. The van der Waals surface area contributed by atoms with Crippen LogP contribution >= 0.6 is 0 Å². The van der Waals surface area contributed by atoms with Crippen molar-refractivity contribution in [3.63, 3.8) is 0 Å². The van der Waals surface area contributed by atoms with Crippen molar-refractivity contribution in [2.75, 3.05) is 32.7 Å². The molecule has 2 aromatic rings. The van der Waals surface area contributed by atoms with Gasteiger partial charge < -0.3 is 4.90 Å². The summed E-state index contributed by atoms with van der Waals surface area (Å²) in [5, 5.41) is 0. The predicted molar refractivity (Wildman–Crippen MR) is 173 cm³/mol.